The summed E-state index contributed by atoms with van der Waals surface area (Å²) in [4.78, 5) is 64.6. The largest absolute Gasteiger partial charge is 0.292 e. The number of Topliss-reactive ketones (excluding diaryl/α,β-unsaturated/α-hetero) is 4. The minimum atomic E-state index is -0.441. The molecule has 2 heterocycles. The van der Waals surface area contributed by atoms with Crippen LogP contribution in [0.25, 0.3) is 21.6 Å². The fourth-order valence-electron chi connectivity index (χ4n) is 8.49. The quantitative estimate of drug-likeness (QED) is 0.371. The van der Waals surface area contributed by atoms with Crippen molar-refractivity contribution in [1.82, 2.24) is 0 Å². The Kier molecular flexibility index (Phi) is 5.64. The van der Waals surface area contributed by atoms with Gasteiger partial charge in [-0.25, -0.2) is 9.98 Å². The van der Waals surface area contributed by atoms with Gasteiger partial charge in [0.15, 0.2) is 23.1 Å². The lowest BCUT2D eigenvalue weighted by Crippen LogP contribution is -2.22. The molecule has 8 rings (SSSR count). The summed E-state index contributed by atoms with van der Waals surface area (Å²) in [6, 6.07) is 0. The summed E-state index contributed by atoms with van der Waals surface area (Å²) < 4.78 is 2.42. The molecule has 4 fully saturated rings. The standard InChI is InChI=1S/C34H34N2O4S2/c1-33(2)21(35-25-27(37)15-9-5-6-10-16(15)28(25)38)13-19-23(33)31-32(41-19)24-20(42-31)14-22(34(24,3)4)36-26-29(39)17-11-7-8-12-18(17)30(26)40/h13-18H,5-12H2,1-4H3. The van der Waals surface area contributed by atoms with Gasteiger partial charge in [-0.1, -0.05) is 53.4 Å². The van der Waals surface area contributed by atoms with Crippen LogP contribution in [0.4, 0.5) is 0 Å². The van der Waals surface area contributed by atoms with E-state index in [1.54, 1.807) is 22.7 Å². The molecule has 216 valence electrons. The van der Waals surface area contributed by atoms with Gasteiger partial charge in [-0.3, -0.25) is 19.2 Å². The van der Waals surface area contributed by atoms with Gasteiger partial charge in [0.1, 0.15) is 11.4 Å². The zero-order valence-corrected chi connectivity index (χ0v) is 26.1. The Morgan fingerprint density at radius 1 is 0.571 bits per heavy atom. The molecule has 42 heavy (non-hydrogen) atoms. The zero-order valence-electron chi connectivity index (χ0n) is 24.5. The molecule has 4 saturated carbocycles. The minimum absolute atomic E-state index is 0.0589. The lowest BCUT2D eigenvalue weighted by molar-refractivity contribution is -0.120. The van der Waals surface area contributed by atoms with E-state index in [9.17, 15) is 19.2 Å². The molecule has 0 saturated heterocycles. The second kappa shape index (κ2) is 8.85. The summed E-state index contributed by atoms with van der Waals surface area (Å²) in [5.74, 6) is -0.951. The van der Waals surface area contributed by atoms with Crippen LogP contribution in [0.1, 0.15) is 99.9 Å². The number of carbonyl (C=O) groups excluding carboxylic acids is 4. The molecule has 0 aliphatic heterocycles. The van der Waals surface area contributed by atoms with Crippen molar-refractivity contribution >= 4 is 78.8 Å². The van der Waals surface area contributed by atoms with Gasteiger partial charge in [0.25, 0.3) is 0 Å². The van der Waals surface area contributed by atoms with Gasteiger partial charge in [0.2, 0.25) is 0 Å². The van der Waals surface area contributed by atoms with Gasteiger partial charge < -0.3 is 0 Å². The van der Waals surface area contributed by atoms with Crippen LogP contribution < -0.4 is 0 Å². The van der Waals surface area contributed by atoms with Crippen LogP contribution in [0.5, 0.6) is 0 Å². The summed E-state index contributed by atoms with van der Waals surface area (Å²) in [6.45, 7) is 8.55. The molecular formula is C34H34N2O4S2. The number of thiophene rings is 2. The van der Waals surface area contributed by atoms with Crippen molar-refractivity contribution < 1.29 is 19.2 Å². The Morgan fingerprint density at radius 2 is 0.881 bits per heavy atom. The molecule has 8 heteroatoms. The molecule has 4 unspecified atom stereocenters. The predicted octanol–water partition coefficient (Wildman–Crippen LogP) is 7.03. The Bertz CT molecular complexity index is 1610. The molecule has 2 aromatic heterocycles. The lowest BCUT2D eigenvalue weighted by Gasteiger charge is -2.22. The maximum atomic E-state index is 13.2. The molecule has 0 aromatic carbocycles. The van der Waals surface area contributed by atoms with E-state index in [2.05, 4.69) is 39.8 Å². The first-order valence-corrected chi connectivity index (χ1v) is 17.0. The molecule has 0 N–H and O–H groups in total. The van der Waals surface area contributed by atoms with Crippen molar-refractivity contribution in [2.24, 2.45) is 33.7 Å². The van der Waals surface area contributed by atoms with E-state index in [0.717, 1.165) is 72.5 Å². The van der Waals surface area contributed by atoms with Gasteiger partial charge in [-0.05, 0) is 49.0 Å². The molecule has 0 bridgehead atoms. The molecule has 0 amide bonds. The highest BCUT2D eigenvalue weighted by molar-refractivity contribution is 7.29. The topological polar surface area (TPSA) is 93.0 Å². The molecule has 6 nitrogen and oxygen atoms in total. The Morgan fingerprint density at radius 3 is 1.19 bits per heavy atom. The van der Waals surface area contributed by atoms with Crippen molar-refractivity contribution in [1.29, 1.82) is 0 Å². The van der Waals surface area contributed by atoms with Crippen molar-refractivity contribution in [3.63, 3.8) is 0 Å². The van der Waals surface area contributed by atoms with Gasteiger partial charge >= 0.3 is 0 Å². The molecular weight excluding hydrogens is 565 g/mol. The summed E-state index contributed by atoms with van der Waals surface area (Å²) in [7, 11) is 0. The van der Waals surface area contributed by atoms with Gasteiger partial charge in [-0.2, -0.15) is 0 Å². The number of allylic oxidation sites excluding steroid dienone is 2. The van der Waals surface area contributed by atoms with Crippen LogP contribution in [0, 0.1) is 23.7 Å². The van der Waals surface area contributed by atoms with Gasteiger partial charge in [0, 0.05) is 44.3 Å². The highest BCUT2D eigenvalue weighted by Crippen LogP contribution is 2.58. The van der Waals surface area contributed by atoms with Crippen LogP contribution in [0.15, 0.2) is 21.4 Å². The normalized spacial score (nSPS) is 30.9. The number of nitrogens with zero attached hydrogens (tertiary/aromatic N) is 2. The van der Waals surface area contributed by atoms with Crippen molar-refractivity contribution in [2.75, 3.05) is 0 Å². The first-order valence-electron chi connectivity index (χ1n) is 15.4. The third-order valence-corrected chi connectivity index (χ3v) is 13.4. The van der Waals surface area contributed by atoms with Crippen LogP contribution in [-0.2, 0) is 30.0 Å². The summed E-state index contributed by atoms with van der Waals surface area (Å²) in [6.07, 6.45) is 11.4. The SMILES string of the molecule is CC1(C)C(N=C2C(=O)C3CCCCC3C2=O)=Cc2sc3c4c(sc3c21)C=C(N=C1C(=O)C2CCCCC2C1=O)C4(C)C. The van der Waals surface area contributed by atoms with Gasteiger partial charge in [-0.15, -0.1) is 22.7 Å². The van der Waals surface area contributed by atoms with Crippen LogP contribution >= 0.6 is 22.7 Å². The van der Waals surface area contributed by atoms with E-state index in [-0.39, 0.29) is 58.2 Å². The van der Waals surface area contributed by atoms with Crippen molar-refractivity contribution in [3.8, 4) is 0 Å². The number of hydrogen-bond acceptors (Lipinski definition) is 8. The Labute approximate surface area is 253 Å². The second-order valence-electron chi connectivity index (χ2n) is 14.0. The molecule has 2 aromatic rings. The lowest BCUT2D eigenvalue weighted by atomic mass is 9.81. The van der Waals surface area contributed by atoms with E-state index >= 15 is 0 Å². The first kappa shape index (κ1) is 26.8. The van der Waals surface area contributed by atoms with E-state index in [4.69, 9.17) is 9.98 Å². The average Bonchev–Trinajstić information content (AvgIpc) is 3.72. The maximum Gasteiger partial charge on any atom is 0.188 e. The number of hydrogen-bond donors (Lipinski definition) is 0. The van der Waals surface area contributed by atoms with E-state index in [1.807, 2.05) is 0 Å². The third-order valence-electron chi connectivity index (χ3n) is 10.9. The zero-order chi connectivity index (χ0) is 29.3. The fraction of sp³-hybridized carbons (Fsp3) is 0.529. The number of ketones is 4. The first-order chi connectivity index (χ1) is 20.0. The number of aliphatic imine (C=N–C) groups is 2. The van der Waals surface area contributed by atoms with Crippen molar-refractivity contribution in [3.05, 3.63) is 32.3 Å². The van der Waals surface area contributed by atoms with Crippen LogP contribution in [-0.4, -0.2) is 34.6 Å². The third kappa shape index (κ3) is 3.42. The molecule has 0 spiro atoms. The van der Waals surface area contributed by atoms with Crippen LogP contribution in [0.3, 0.4) is 0 Å². The van der Waals surface area contributed by atoms with E-state index in [0.29, 0.717) is 0 Å². The summed E-state index contributed by atoms with van der Waals surface area (Å²) in [5.41, 5.74) is 3.43. The Balaban J connectivity index is 1.15. The minimum Gasteiger partial charge on any atom is -0.292 e. The Hall–Kier alpha value is -2.84. The van der Waals surface area contributed by atoms with Gasteiger partial charge in [0.05, 0.1) is 20.8 Å². The molecule has 6 aliphatic rings. The van der Waals surface area contributed by atoms with Crippen molar-refractivity contribution in [2.45, 2.75) is 89.9 Å². The van der Waals surface area contributed by atoms with E-state index < -0.39 is 10.8 Å². The fourth-order valence-corrected chi connectivity index (χ4v) is 11.9. The number of fused-ring (bicyclic) bond motifs is 7. The molecule has 0 radical (unpaired) electrons. The summed E-state index contributed by atoms with van der Waals surface area (Å²) in [5, 5.41) is 0. The highest BCUT2D eigenvalue weighted by Gasteiger charge is 2.50. The summed E-state index contributed by atoms with van der Waals surface area (Å²) >= 11 is 3.46. The smallest absolute Gasteiger partial charge is 0.188 e. The number of rotatable bonds is 2. The second-order valence-corrected chi connectivity index (χ2v) is 16.1. The average molecular weight is 599 g/mol. The number of carbonyl (C=O) groups is 4. The predicted molar refractivity (Wildman–Crippen MR) is 168 cm³/mol. The maximum absolute atomic E-state index is 13.2. The highest BCUT2D eigenvalue weighted by atomic mass is 32.1. The molecule has 4 atom stereocenters. The monoisotopic (exact) mass is 598 g/mol. The van der Waals surface area contributed by atoms with Crippen LogP contribution in [0.2, 0.25) is 0 Å². The molecule has 6 aliphatic carbocycles. The van der Waals surface area contributed by atoms with E-state index in [1.165, 1.54) is 20.5 Å².